The molecule has 11 heteroatoms. The predicted molar refractivity (Wildman–Crippen MR) is 169 cm³/mol. The van der Waals surface area contributed by atoms with Crippen LogP contribution in [-0.2, 0) is 28.5 Å². The normalized spacial score (nSPS) is 20.1. The van der Waals surface area contributed by atoms with Gasteiger partial charge in [-0.25, -0.2) is 14.4 Å². The molecule has 1 aliphatic rings. The first-order valence-electron chi connectivity index (χ1n) is 15.0. The lowest BCUT2D eigenvalue weighted by Crippen LogP contribution is -2.64. The lowest BCUT2D eigenvalue weighted by atomic mass is 9.97. The third-order valence-corrected chi connectivity index (χ3v) is 7.31. The summed E-state index contributed by atoms with van der Waals surface area (Å²) >= 11 is 0. The molecule has 1 saturated heterocycles. The Morgan fingerprint density at radius 1 is 0.562 bits per heavy atom. The predicted octanol–water partition coefficient (Wildman–Crippen LogP) is 5.23. The summed E-state index contributed by atoms with van der Waals surface area (Å²) in [5.74, 6) is -3.38. The summed E-state index contributed by atoms with van der Waals surface area (Å²) in [5, 5.41) is 0. The zero-order valence-corrected chi connectivity index (χ0v) is 26.1. The number of ether oxygens (including phenoxy) is 6. The molecule has 0 aromatic heterocycles. The summed E-state index contributed by atoms with van der Waals surface area (Å²) in [7, 11) is 0. The summed E-state index contributed by atoms with van der Waals surface area (Å²) < 4.78 is 35.6. The lowest BCUT2D eigenvalue weighted by Gasteiger charge is -2.44. The lowest BCUT2D eigenvalue weighted by molar-refractivity contribution is -0.276. The maximum absolute atomic E-state index is 13.6. The van der Waals surface area contributed by atoms with Crippen LogP contribution in [0.15, 0.2) is 115 Å². The highest BCUT2D eigenvalue weighted by Crippen LogP contribution is 2.33. The van der Waals surface area contributed by atoms with Gasteiger partial charge in [0.1, 0.15) is 18.5 Å². The Bertz CT molecular complexity index is 1740. The molecule has 0 bridgehead atoms. The minimum atomic E-state index is -1.58. The Labute approximate surface area is 276 Å². The van der Waals surface area contributed by atoms with Gasteiger partial charge < -0.3 is 28.4 Å². The molecule has 0 spiro atoms. The van der Waals surface area contributed by atoms with Crippen LogP contribution in [0.3, 0.4) is 0 Å². The first-order chi connectivity index (χ1) is 23.2. The number of hydrogen-bond donors (Lipinski definition) is 0. The molecule has 1 aliphatic heterocycles. The van der Waals surface area contributed by atoms with Gasteiger partial charge in [0.2, 0.25) is 12.4 Å². The standard InChI is InChI=1S/C37H32O11/c1-23(38)28-20-12-13-21-29(28)44-37-33(48-36(42)27-18-10-5-11-19-27)32(47-35(41)26-16-8-4-9-17-26)31(30(45-37)22-43-24(2)39)46-34(40)25-14-6-3-7-15-25/h3-21,30-33,37H,22H2,1-2H3/t30-,31-,32+,33-,37+/m1/s1. The molecule has 48 heavy (non-hydrogen) atoms. The van der Waals surface area contributed by atoms with E-state index < -0.39 is 61.2 Å². The summed E-state index contributed by atoms with van der Waals surface area (Å²) in [6.45, 7) is 2.07. The number of Topliss-reactive ketones (excluding diaryl/α,β-unsaturated/α-hetero) is 1. The van der Waals surface area contributed by atoms with Crippen molar-refractivity contribution in [2.24, 2.45) is 0 Å². The number of rotatable bonds is 11. The van der Waals surface area contributed by atoms with Crippen molar-refractivity contribution in [2.45, 2.75) is 44.6 Å². The fourth-order valence-corrected chi connectivity index (χ4v) is 4.99. The second-order valence-corrected chi connectivity index (χ2v) is 10.7. The minimum Gasteiger partial charge on any atom is -0.463 e. The maximum Gasteiger partial charge on any atom is 0.338 e. The molecule has 4 aromatic rings. The van der Waals surface area contributed by atoms with Gasteiger partial charge in [0.25, 0.3) is 0 Å². The number of carbonyl (C=O) groups is 5. The maximum atomic E-state index is 13.6. The number of benzene rings is 4. The van der Waals surface area contributed by atoms with Crippen LogP contribution >= 0.6 is 0 Å². The van der Waals surface area contributed by atoms with E-state index in [2.05, 4.69) is 0 Å². The van der Waals surface area contributed by atoms with Gasteiger partial charge in [-0.1, -0.05) is 66.7 Å². The number of para-hydroxylation sites is 1. The molecule has 11 nitrogen and oxygen atoms in total. The number of esters is 4. The van der Waals surface area contributed by atoms with Crippen LogP contribution in [0.2, 0.25) is 0 Å². The smallest absolute Gasteiger partial charge is 0.338 e. The van der Waals surface area contributed by atoms with Gasteiger partial charge in [-0.3, -0.25) is 9.59 Å². The zero-order valence-electron chi connectivity index (χ0n) is 26.1. The highest BCUT2D eigenvalue weighted by atomic mass is 16.7. The quantitative estimate of drug-likeness (QED) is 0.119. The van der Waals surface area contributed by atoms with Crippen molar-refractivity contribution in [3.63, 3.8) is 0 Å². The van der Waals surface area contributed by atoms with Crippen LogP contribution in [-0.4, -0.2) is 67.0 Å². The van der Waals surface area contributed by atoms with Gasteiger partial charge in [0.05, 0.1) is 22.3 Å². The SMILES string of the molecule is CC(=O)OC[C@H]1O[C@H](Oc2ccccc2C(C)=O)[C@H](OC(=O)c2ccccc2)[C@@H](OC(=O)c2ccccc2)[C@@H]1OC(=O)c1ccccc1. The van der Waals surface area contributed by atoms with E-state index in [1.54, 1.807) is 72.8 Å². The van der Waals surface area contributed by atoms with E-state index in [0.717, 1.165) is 0 Å². The van der Waals surface area contributed by atoms with E-state index in [4.69, 9.17) is 28.4 Å². The van der Waals surface area contributed by atoms with Crippen LogP contribution in [0.5, 0.6) is 5.75 Å². The molecule has 246 valence electrons. The van der Waals surface area contributed by atoms with E-state index in [1.165, 1.54) is 56.3 Å². The van der Waals surface area contributed by atoms with E-state index in [1.807, 2.05) is 0 Å². The van der Waals surface area contributed by atoms with E-state index in [9.17, 15) is 24.0 Å². The molecule has 0 aliphatic carbocycles. The highest BCUT2D eigenvalue weighted by molar-refractivity contribution is 5.96. The van der Waals surface area contributed by atoms with Crippen LogP contribution in [0.1, 0.15) is 55.3 Å². The van der Waals surface area contributed by atoms with Crippen LogP contribution in [0.4, 0.5) is 0 Å². The molecule has 0 amide bonds. The molecule has 5 rings (SSSR count). The molecule has 0 saturated carbocycles. The molecule has 5 atom stereocenters. The van der Waals surface area contributed by atoms with Gasteiger partial charge in [0, 0.05) is 6.92 Å². The zero-order chi connectivity index (χ0) is 34.0. The van der Waals surface area contributed by atoms with Crippen molar-refractivity contribution in [1.82, 2.24) is 0 Å². The van der Waals surface area contributed by atoms with Crippen molar-refractivity contribution in [3.05, 3.63) is 138 Å². The Kier molecular flexibility index (Phi) is 10.9. The Morgan fingerprint density at radius 3 is 1.48 bits per heavy atom. The fraction of sp³-hybridized carbons (Fsp3) is 0.216. The topological polar surface area (TPSA) is 141 Å². The molecule has 0 unspecified atom stereocenters. The van der Waals surface area contributed by atoms with Crippen LogP contribution in [0.25, 0.3) is 0 Å². The molecular formula is C37H32O11. The monoisotopic (exact) mass is 652 g/mol. The van der Waals surface area contributed by atoms with E-state index >= 15 is 0 Å². The second-order valence-electron chi connectivity index (χ2n) is 10.7. The van der Waals surface area contributed by atoms with Gasteiger partial charge >= 0.3 is 23.9 Å². The van der Waals surface area contributed by atoms with Crippen molar-refractivity contribution < 1.29 is 52.4 Å². The largest absolute Gasteiger partial charge is 0.463 e. The molecule has 4 aromatic carbocycles. The average Bonchev–Trinajstić information content (AvgIpc) is 3.10. The van der Waals surface area contributed by atoms with Crippen LogP contribution < -0.4 is 4.74 Å². The Hall–Kier alpha value is -5.81. The van der Waals surface area contributed by atoms with Crippen molar-refractivity contribution in [2.75, 3.05) is 6.61 Å². The number of carbonyl (C=O) groups excluding carboxylic acids is 5. The van der Waals surface area contributed by atoms with Crippen LogP contribution in [0, 0.1) is 0 Å². The molecule has 0 radical (unpaired) electrons. The third kappa shape index (κ3) is 8.31. The summed E-state index contributed by atoms with van der Waals surface area (Å²) in [5.41, 5.74) is 0.680. The second kappa shape index (κ2) is 15.7. The number of hydrogen-bond acceptors (Lipinski definition) is 11. The molecular weight excluding hydrogens is 620 g/mol. The fourth-order valence-electron chi connectivity index (χ4n) is 4.99. The van der Waals surface area contributed by atoms with Crippen molar-refractivity contribution in [3.8, 4) is 5.75 Å². The minimum absolute atomic E-state index is 0.0786. The molecule has 1 fully saturated rings. The van der Waals surface area contributed by atoms with Gasteiger partial charge in [-0.05, 0) is 55.5 Å². The highest BCUT2D eigenvalue weighted by Gasteiger charge is 2.54. The summed E-state index contributed by atoms with van der Waals surface area (Å²) in [6.07, 6.45) is -7.48. The third-order valence-electron chi connectivity index (χ3n) is 7.31. The Balaban J connectivity index is 1.61. The van der Waals surface area contributed by atoms with Gasteiger partial charge in [-0.15, -0.1) is 0 Å². The van der Waals surface area contributed by atoms with Gasteiger partial charge in [0.15, 0.2) is 18.0 Å². The van der Waals surface area contributed by atoms with Crippen molar-refractivity contribution in [1.29, 1.82) is 0 Å². The van der Waals surface area contributed by atoms with Gasteiger partial charge in [-0.2, -0.15) is 0 Å². The average molecular weight is 653 g/mol. The van der Waals surface area contributed by atoms with Crippen molar-refractivity contribution >= 4 is 29.7 Å². The van der Waals surface area contributed by atoms with E-state index in [-0.39, 0.29) is 33.8 Å². The summed E-state index contributed by atoms with van der Waals surface area (Å²) in [4.78, 5) is 65.0. The Morgan fingerprint density at radius 2 is 1.00 bits per heavy atom. The molecule has 0 N–H and O–H groups in total. The summed E-state index contributed by atoms with van der Waals surface area (Å²) in [6, 6.07) is 30.4. The van der Waals surface area contributed by atoms with E-state index in [0.29, 0.717) is 0 Å². The number of ketones is 1. The first-order valence-corrected chi connectivity index (χ1v) is 15.0. The molecule has 1 heterocycles. The first kappa shape index (κ1) is 33.6.